The molecule has 0 aliphatic heterocycles. The van der Waals surface area contributed by atoms with Gasteiger partial charge in [-0.3, -0.25) is 9.13 Å². The maximum Gasteiger partial charge on any atom is 0.238 e. The Labute approximate surface area is 252 Å². The lowest BCUT2D eigenvalue weighted by molar-refractivity contribution is 0.951. The SMILES string of the molecule is c1ccc(-c2nc(-c3ccccc3-n3c4ccccc4c4cccnc43)nc(-n3c4ccccc4c4ccccc43)n2)cc1. The standard InChI is InChI=1S/C38H24N6/c1-2-13-25(14-3-1)35-40-36(42-38(41-35)44-32-21-9-4-15-26(32)27-16-5-10-22-33(27)44)30-18-7-11-23-34(30)43-31-20-8-6-17-28(31)29-19-12-24-39-37(29)43/h1-24H. The Morgan fingerprint density at radius 3 is 1.68 bits per heavy atom. The number of para-hydroxylation sites is 4. The van der Waals surface area contributed by atoms with E-state index < -0.39 is 0 Å². The summed E-state index contributed by atoms with van der Waals surface area (Å²) in [4.78, 5) is 20.2. The fraction of sp³-hybridized carbons (Fsp3) is 0. The van der Waals surface area contributed by atoms with Gasteiger partial charge in [-0.25, -0.2) is 9.97 Å². The summed E-state index contributed by atoms with van der Waals surface area (Å²) in [6.45, 7) is 0. The highest BCUT2D eigenvalue weighted by Crippen LogP contribution is 2.36. The van der Waals surface area contributed by atoms with Gasteiger partial charge < -0.3 is 0 Å². The van der Waals surface area contributed by atoms with Crippen LogP contribution in [0.2, 0.25) is 0 Å². The lowest BCUT2D eigenvalue weighted by atomic mass is 10.1. The van der Waals surface area contributed by atoms with Crippen molar-refractivity contribution in [3.05, 3.63) is 146 Å². The summed E-state index contributed by atoms with van der Waals surface area (Å²) in [6.07, 6.45) is 1.84. The van der Waals surface area contributed by atoms with Gasteiger partial charge in [0.1, 0.15) is 5.65 Å². The predicted octanol–water partition coefficient (Wildman–Crippen LogP) is 8.79. The largest absolute Gasteiger partial charge is 0.293 e. The molecule has 0 N–H and O–H groups in total. The molecular formula is C38H24N6. The van der Waals surface area contributed by atoms with Crippen molar-refractivity contribution >= 4 is 43.7 Å². The molecule has 0 spiro atoms. The van der Waals surface area contributed by atoms with Crippen LogP contribution >= 0.6 is 0 Å². The normalized spacial score (nSPS) is 11.6. The first-order chi connectivity index (χ1) is 21.8. The number of aromatic nitrogens is 6. The van der Waals surface area contributed by atoms with Crippen LogP contribution in [0.4, 0.5) is 0 Å². The minimum Gasteiger partial charge on any atom is -0.293 e. The molecule has 4 aromatic heterocycles. The van der Waals surface area contributed by atoms with Crippen LogP contribution in [-0.2, 0) is 0 Å². The zero-order chi connectivity index (χ0) is 29.0. The molecule has 0 aliphatic carbocycles. The van der Waals surface area contributed by atoms with E-state index in [0.717, 1.165) is 60.6 Å². The van der Waals surface area contributed by atoms with Crippen LogP contribution in [0.5, 0.6) is 0 Å². The smallest absolute Gasteiger partial charge is 0.238 e. The fourth-order valence-corrected chi connectivity index (χ4v) is 6.34. The van der Waals surface area contributed by atoms with Gasteiger partial charge in [0.15, 0.2) is 11.6 Å². The summed E-state index contributed by atoms with van der Waals surface area (Å²) in [6, 6.07) is 47.7. The quantitative estimate of drug-likeness (QED) is 0.214. The van der Waals surface area contributed by atoms with Crippen LogP contribution in [0.3, 0.4) is 0 Å². The minimum absolute atomic E-state index is 0.571. The van der Waals surface area contributed by atoms with Gasteiger partial charge in [-0.1, -0.05) is 97.1 Å². The van der Waals surface area contributed by atoms with Crippen LogP contribution in [-0.4, -0.2) is 29.1 Å². The third kappa shape index (κ3) is 3.68. The lowest BCUT2D eigenvalue weighted by Gasteiger charge is -2.14. The summed E-state index contributed by atoms with van der Waals surface area (Å²) in [5.74, 6) is 1.78. The van der Waals surface area contributed by atoms with E-state index in [1.807, 2.05) is 48.7 Å². The molecular weight excluding hydrogens is 540 g/mol. The van der Waals surface area contributed by atoms with Crippen LogP contribution in [0.15, 0.2) is 146 Å². The maximum atomic E-state index is 5.21. The van der Waals surface area contributed by atoms with Crippen molar-refractivity contribution in [3.63, 3.8) is 0 Å². The Bertz CT molecular complexity index is 2400. The van der Waals surface area contributed by atoms with Crippen LogP contribution < -0.4 is 0 Å². The Morgan fingerprint density at radius 1 is 0.409 bits per heavy atom. The van der Waals surface area contributed by atoms with Gasteiger partial charge in [-0.15, -0.1) is 0 Å². The molecule has 6 nitrogen and oxygen atoms in total. The number of pyridine rings is 1. The monoisotopic (exact) mass is 564 g/mol. The molecule has 0 atom stereocenters. The molecule has 0 bridgehead atoms. The van der Waals surface area contributed by atoms with Crippen LogP contribution in [0.1, 0.15) is 0 Å². The van der Waals surface area contributed by atoms with Crippen molar-refractivity contribution in [2.75, 3.05) is 0 Å². The average molecular weight is 565 g/mol. The van der Waals surface area contributed by atoms with Crippen LogP contribution in [0, 0.1) is 0 Å². The van der Waals surface area contributed by atoms with E-state index in [9.17, 15) is 0 Å². The first-order valence-electron chi connectivity index (χ1n) is 14.6. The molecule has 0 amide bonds. The van der Waals surface area contributed by atoms with Gasteiger partial charge in [0.2, 0.25) is 5.95 Å². The van der Waals surface area contributed by atoms with Crippen molar-refractivity contribution in [1.29, 1.82) is 0 Å². The fourth-order valence-electron chi connectivity index (χ4n) is 6.34. The van der Waals surface area contributed by atoms with E-state index in [1.165, 1.54) is 0 Å². The number of hydrogen-bond acceptors (Lipinski definition) is 4. The van der Waals surface area contributed by atoms with Gasteiger partial charge in [0.05, 0.1) is 22.2 Å². The lowest BCUT2D eigenvalue weighted by Crippen LogP contribution is -2.07. The van der Waals surface area contributed by atoms with E-state index in [1.54, 1.807) is 0 Å². The third-order valence-electron chi connectivity index (χ3n) is 8.26. The van der Waals surface area contributed by atoms with Crippen molar-refractivity contribution in [3.8, 4) is 34.4 Å². The summed E-state index contributed by atoms with van der Waals surface area (Å²) >= 11 is 0. The second-order valence-corrected chi connectivity index (χ2v) is 10.8. The van der Waals surface area contributed by atoms with E-state index in [-0.39, 0.29) is 0 Å². The Morgan fingerprint density at radius 2 is 0.955 bits per heavy atom. The van der Waals surface area contributed by atoms with Gasteiger partial charge in [-0.2, -0.15) is 9.97 Å². The molecule has 0 saturated heterocycles. The van der Waals surface area contributed by atoms with Gasteiger partial charge in [0.25, 0.3) is 0 Å². The Balaban J connectivity index is 1.36. The summed E-state index contributed by atoms with van der Waals surface area (Å²) in [7, 11) is 0. The molecule has 0 aliphatic rings. The molecule has 6 heteroatoms. The molecule has 5 aromatic carbocycles. The van der Waals surface area contributed by atoms with Crippen molar-refractivity contribution in [2.24, 2.45) is 0 Å². The summed E-state index contributed by atoms with van der Waals surface area (Å²) < 4.78 is 4.36. The van der Waals surface area contributed by atoms with Gasteiger partial charge >= 0.3 is 0 Å². The zero-order valence-electron chi connectivity index (χ0n) is 23.5. The molecule has 0 saturated carbocycles. The van der Waals surface area contributed by atoms with Crippen LogP contribution in [0.25, 0.3) is 78.2 Å². The number of hydrogen-bond donors (Lipinski definition) is 0. The topological polar surface area (TPSA) is 61.4 Å². The number of benzene rings is 5. The Kier molecular flexibility index (Phi) is 5.40. The van der Waals surface area contributed by atoms with E-state index in [4.69, 9.17) is 19.9 Å². The molecule has 0 unspecified atom stereocenters. The van der Waals surface area contributed by atoms with Crippen molar-refractivity contribution < 1.29 is 0 Å². The number of fused-ring (bicyclic) bond motifs is 6. The molecule has 0 fully saturated rings. The van der Waals surface area contributed by atoms with E-state index in [2.05, 4.69) is 106 Å². The first kappa shape index (κ1) is 24.5. The van der Waals surface area contributed by atoms with Crippen molar-refractivity contribution in [1.82, 2.24) is 29.1 Å². The molecule has 206 valence electrons. The minimum atomic E-state index is 0.571. The zero-order valence-corrected chi connectivity index (χ0v) is 23.5. The maximum absolute atomic E-state index is 5.21. The second-order valence-electron chi connectivity index (χ2n) is 10.8. The highest BCUT2D eigenvalue weighted by atomic mass is 15.2. The number of rotatable bonds is 4. The van der Waals surface area contributed by atoms with E-state index >= 15 is 0 Å². The first-order valence-corrected chi connectivity index (χ1v) is 14.6. The second kappa shape index (κ2) is 9.71. The molecule has 0 radical (unpaired) electrons. The van der Waals surface area contributed by atoms with Crippen molar-refractivity contribution in [2.45, 2.75) is 0 Å². The highest BCUT2D eigenvalue weighted by molar-refractivity contribution is 6.09. The molecule has 9 rings (SSSR count). The van der Waals surface area contributed by atoms with Gasteiger partial charge in [-0.05, 0) is 42.5 Å². The third-order valence-corrected chi connectivity index (χ3v) is 8.26. The van der Waals surface area contributed by atoms with Gasteiger partial charge in [0, 0.05) is 38.9 Å². The molecule has 44 heavy (non-hydrogen) atoms. The molecule has 9 aromatic rings. The summed E-state index contributed by atoms with van der Waals surface area (Å²) in [5, 5.41) is 4.56. The average Bonchev–Trinajstić information content (AvgIpc) is 3.62. The number of nitrogens with zero attached hydrogens (tertiary/aromatic N) is 6. The predicted molar refractivity (Wildman–Crippen MR) is 177 cm³/mol. The molecule has 4 heterocycles. The Hall–Kier alpha value is -6.14. The summed E-state index contributed by atoms with van der Waals surface area (Å²) in [5.41, 5.74) is 6.83. The van der Waals surface area contributed by atoms with E-state index in [0.29, 0.717) is 17.6 Å². The highest BCUT2D eigenvalue weighted by Gasteiger charge is 2.21.